The summed E-state index contributed by atoms with van der Waals surface area (Å²) in [6, 6.07) is -1.03. The lowest BCUT2D eigenvalue weighted by atomic mass is 9.85. The van der Waals surface area contributed by atoms with Gasteiger partial charge >= 0.3 is 0 Å². The molecule has 5 amide bonds. The van der Waals surface area contributed by atoms with E-state index >= 15 is 0 Å². The zero-order valence-corrected chi connectivity index (χ0v) is 21.0. The van der Waals surface area contributed by atoms with Crippen LogP contribution in [0.3, 0.4) is 0 Å². The van der Waals surface area contributed by atoms with Crippen LogP contribution in [0.5, 0.6) is 0 Å². The predicted molar refractivity (Wildman–Crippen MR) is 125 cm³/mol. The fraction of sp³-hybridized carbons (Fsp3) is 0.750. The third-order valence-electron chi connectivity index (χ3n) is 7.76. The van der Waals surface area contributed by atoms with Crippen LogP contribution in [0, 0.1) is 39.9 Å². The Labute approximate surface area is 205 Å². The quantitative estimate of drug-likeness (QED) is 0.355. The lowest BCUT2D eigenvalue weighted by molar-refractivity contribution is -0.146. The molecule has 0 unspecified atom stereocenters. The standard InChI is InChI=1S/C24H36N6O5/c1-23(2,3)18(29-15(31)6-8-25)22(35)30-11-13-16(24(13,4)5)17(30)21(34)28-14(19(26)32)10-12-7-9-27-20(12)33/h12-14,16-18H,6-7,9-11H2,1-5H3,(H2,26,32)(H,27,33)(H,28,34)(H,29,31)/t12-,13-,14-,16-,17-,18+/m0/s1. The van der Waals surface area contributed by atoms with Gasteiger partial charge in [0.1, 0.15) is 24.5 Å². The van der Waals surface area contributed by atoms with Gasteiger partial charge in [-0.15, -0.1) is 0 Å². The SMILES string of the molecule is CC(C)(C)[C@H](NC(=O)CC#N)C(=O)N1C[C@H]2[C@@H]([C@H]1C(=O)N[C@@H](C[C@@H]1CCNC1=O)C(N)=O)C2(C)C. The number of nitrogens with one attached hydrogen (secondary N) is 3. The Bertz CT molecular complexity index is 964. The molecule has 5 N–H and O–H groups in total. The zero-order valence-electron chi connectivity index (χ0n) is 21.0. The van der Waals surface area contributed by atoms with Gasteiger partial charge in [-0.3, -0.25) is 24.0 Å². The van der Waals surface area contributed by atoms with Gasteiger partial charge in [0.25, 0.3) is 0 Å². The predicted octanol–water partition coefficient (Wildman–Crippen LogP) is -0.590. The van der Waals surface area contributed by atoms with Crippen LogP contribution in [0.1, 0.15) is 53.9 Å². The number of piperidine rings is 1. The molecule has 3 fully saturated rings. The summed E-state index contributed by atoms with van der Waals surface area (Å²) in [5.41, 5.74) is 4.72. The molecule has 0 radical (unpaired) electrons. The molecule has 1 saturated carbocycles. The van der Waals surface area contributed by atoms with Crippen LogP contribution >= 0.6 is 0 Å². The number of primary amides is 1. The van der Waals surface area contributed by atoms with Gasteiger partial charge < -0.3 is 26.6 Å². The number of carbonyl (C=O) groups excluding carboxylic acids is 5. The van der Waals surface area contributed by atoms with Crippen molar-refractivity contribution in [1.82, 2.24) is 20.9 Å². The maximum Gasteiger partial charge on any atom is 0.246 e. The minimum atomic E-state index is -1.04. The topological polar surface area (TPSA) is 174 Å². The molecule has 11 nitrogen and oxygen atoms in total. The minimum absolute atomic E-state index is 0.0971. The van der Waals surface area contributed by atoms with Crippen molar-refractivity contribution in [2.24, 2.45) is 34.3 Å². The average Bonchev–Trinajstić information content (AvgIpc) is 3.10. The Morgan fingerprint density at radius 2 is 1.91 bits per heavy atom. The summed E-state index contributed by atoms with van der Waals surface area (Å²) >= 11 is 0. The van der Waals surface area contributed by atoms with Gasteiger partial charge in [0.15, 0.2) is 0 Å². The highest BCUT2D eigenvalue weighted by Gasteiger charge is 2.69. The van der Waals surface area contributed by atoms with E-state index in [9.17, 15) is 24.0 Å². The first-order valence-corrected chi connectivity index (χ1v) is 12.0. The first kappa shape index (κ1) is 26.4. The van der Waals surface area contributed by atoms with Crippen LogP contribution in [0.4, 0.5) is 0 Å². The molecule has 0 aromatic carbocycles. The molecular weight excluding hydrogens is 452 g/mol. The van der Waals surface area contributed by atoms with Crippen molar-refractivity contribution in [3.05, 3.63) is 0 Å². The Balaban J connectivity index is 1.82. The summed E-state index contributed by atoms with van der Waals surface area (Å²) in [6.07, 6.45) is 0.275. The summed E-state index contributed by atoms with van der Waals surface area (Å²) in [5.74, 6) is -2.79. The number of nitriles is 1. The summed E-state index contributed by atoms with van der Waals surface area (Å²) in [5, 5.41) is 16.9. The van der Waals surface area contributed by atoms with Crippen molar-refractivity contribution < 1.29 is 24.0 Å². The van der Waals surface area contributed by atoms with E-state index in [1.54, 1.807) is 26.8 Å². The van der Waals surface area contributed by atoms with Crippen LogP contribution in [-0.4, -0.2) is 65.7 Å². The first-order chi connectivity index (χ1) is 16.2. The molecular formula is C24H36N6O5. The highest BCUT2D eigenvalue weighted by molar-refractivity contribution is 5.96. The van der Waals surface area contributed by atoms with E-state index in [2.05, 4.69) is 16.0 Å². The van der Waals surface area contributed by atoms with Gasteiger partial charge in [0, 0.05) is 19.0 Å². The van der Waals surface area contributed by atoms with Gasteiger partial charge in [-0.05, 0) is 35.5 Å². The van der Waals surface area contributed by atoms with Gasteiger partial charge in [-0.1, -0.05) is 34.6 Å². The van der Waals surface area contributed by atoms with E-state index in [1.165, 1.54) is 4.90 Å². The highest BCUT2D eigenvalue weighted by atomic mass is 16.2. The van der Waals surface area contributed by atoms with Crippen molar-refractivity contribution in [3.8, 4) is 6.07 Å². The summed E-state index contributed by atoms with van der Waals surface area (Å²) in [4.78, 5) is 64.9. The molecule has 0 aromatic heterocycles. The number of nitrogens with zero attached hydrogens (tertiary/aromatic N) is 2. The number of rotatable bonds is 8. The largest absolute Gasteiger partial charge is 0.368 e. The minimum Gasteiger partial charge on any atom is -0.368 e. The van der Waals surface area contributed by atoms with E-state index < -0.39 is 53.1 Å². The molecule has 3 aliphatic rings. The lowest BCUT2D eigenvalue weighted by Gasteiger charge is -2.37. The molecule has 2 heterocycles. The summed E-state index contributed by atoms with van der Waals surface area (Å²) in [6.45, 7) is 10.3. The molecule has 2 saturated heterocycles. The smallest absolute Gasteiger partial charge is 0.246 e. The van der Waals surface area contributed by atoms with Crippen LogP contribution in [0.25, 0.3) is 0 Å². The molecule has 0 spiro atoms. The fourth-order valence-electron chi connectivity index (χ4n) is 5.57. The maximum absolute atomic E-state index is 13.7. The number of likely N-dealkylation sites (tertiary alicyclic amines) is 1. The molecule has 0 bridgehead atoms. The van der Waals surface area contributed by atoms with Crippen LogP contribution in [-0.2, 0) is 24.0 Å². The van der Waals surface area contributed by atoms with Crippen molar-refractivity contribution in [2.45, 2.75) is 72.0 Å². The van der Waals surface area contributed by atoms with Gasteiger partial charge in [0.2, 0.25) is 29.5 Å². The van der Waals surface area contributed by atoms with E-state index in [-0.39, 0.29) is 36.0 Å². The normalized spacial score (nSPS) is 28.2. The highest BCUT2D eigenvalue weighted by Crippen LogP contribution is 2.65. The molecule has 6 atom stereocenters. The van der Waals surface area contributed by atoms with Gasteiger partial charge in [0.05, 0.1) is 6.07 Å². The second kappa shape index (κ2) is 9.47. The second-order valence-corrected chi connectivity index (χ2v) is 11.6. The molecule has 0 aromatic rings. The molecule has 1 aliphatic carbocycles. The van der Waals surface area contributed by atoms with Gasteiger partial charge in [-0.2, -0.15) is 5.26 Å². The monoisotopic (exact) mass is 488 g/mol. The maximum atomic E-state index is 13.7. The third-order valence-corrected chi connectivity index (χ3v) is 7.76. The Hall–Kier alpha value is -3.16. The van der Waals surface area contributed by atoms with E-state index in [1.807, 2.05) is 13.8 Å². The van der Waals surface area contributed by atoms with Crippen LogP contribution < -0.4 is 21.7 Å². The molecule has 3 rings (SSSR count). The van der Waals surface area contributed by atoms with Crippen molar-refractivity contribution in [1.29, 1.82) is 5.26 Å². The first-order valence-electron chi connectivity index (χ1n) is 12.0. The number of nitrogens with two attached hydrogens (primary N) is 1. The van der Waals surface area contributed by atoms with E-state index in [4.69, 9.17) is 11.0 Å². The number of amides is 5. The number of fused-ring (bicyclic) bond motifs is 1. The second-order valence-electron chi connectivity index (χ2n) is 11.6. The Kier molecular flexibility index (Phi) is 7.16. The average molecular weight is 489 g/mol. The Morgan fingerprint density at radius 1 is 1.26 bits per heavy atom. The molecule has 192 valence electrons. The number of hydrogen-bond acceptors (Lipinski definition) is 6. The number of carbonyl (C=O) groups is 5. The summed E-state index contributed by atoms with van der Waals surface area (Å²) < 4.78 is 0. The van der Waals surface area contributed by atoms with Crippen molar-refractivity contribution in [2.75, 3.05) is 13.1 Å². The lowest BCUT2D eigenvalue weighted by Crippen LogP contribution is -2.60. The van der Waals surface area contributed by atoms with Crippen LogP contribution in [0.2, 0.25) is 0 Å². The Morgan fingerprint density at radius 3 is 2.43 bits per heavy atom. The van der Waals surface area contributed by atoms with Gasteiger partial charge in [-0.25, -0.2) is 0 Å². The molecule has 11 heteroatoms. The summed E-state index contributed by atoms with van der Waals surface area (Å²) in [7, 11) is 0. The molecule has 35 heavy (non-hydrogen) atoms. The number of hydrogen-bond donors (Lipinski definition) is 4. The van der Waals surface area contributed by atoms with E-state index in [0.29, 0.717) is 19.5 Å². The molecule has 2 aliphatic heterocycles. The van der Waals surface area contributed by atoms with Crippen LogP contribution in [0.15, 0.2) is 0 Å². The van der Waals surface area contributed by atoms with Crippen molar-refractivity contribution >= 4 is 29.5 Å². The zero-order chi connectivity index (χ0) is 26.3. The van der Waals surface area contributed by atoms with E-state index in [0.717, 1.165) is 0 Å². The fourth-order valence-corrected chi connectivity index (χ4v) is 5.57. The third kappa shape index (κ3) is 5.26. The van der Waals surface area contributed by atoms with Crippen molar-refractivity contribution in [3.63, 3.8) is 0 Å².